The van der Waals surface area contributed by atoms with E-state index in [1.54, 1.807) is 32.1 Å². The highest BCUT2D eigenvalue weighted by Gasteiger charge is 2.35. The van der Waals surface area contributed by atoms with Gasteiger partial charge in [-0.3, -0.25) is 9.36 Å². The van der Waals surface area contributed by atoms with Crippen LogP contribution in [0.5, 0.6) is 17.2 Å². The third-order valence-corrected chi connectivity index (χ3v) is 7.62. The van der Waals surface area contributed by atoms with E-state index in [0.717, 1.165) is 0 Å². The Morgan fingerprint density at radius 3 is 2.67 bits per heavy atom. The van der Waals surface area contributed by atoms with E-state index in [1.807, 2.05) is 44.2 Å². The van der Waals surface area contributed by atoms with Crippen molar-refractivity contribution in [3.8, 4) is 23.3 Å². The highest BCUT2D eigenvalue weighted by Crippen LogP contribution is 2.37. The van der Waals surface area contributed by atoms with Gasteiger partial charge in [-0.25, -0.2) is 9.79 Å². The topological polar surface area (TPSA) is 112 Å². The van der Waals surface area contributed by atoms with Gasteiger partial charge in [0.15, 0.2) is 22.9 Å². The molecule has 40 heavy (non-hydrogen) atoms. The molecule has 11 heteroatoms. The summed E-state index contributed by atoms with van der Waals surface area (Å²) in [5.74, 6) is 0.832. The number of aromatic nitrogens is 1. The Kier molecular flexibility index (Phi) is 9.12. The SMILES string of the molecule is CCOC(=O)C1=C(C)N=c2s/c(=C/c3cc(OC)c(OCC#N)cc3Br)c(=O)n2[C@H]1c1ccccc1OC(C)C. The number of esters is 1. The molecule has 4 rings (SSSR count). The van der Waals surface area contributed by atoms with Gasteiger partial charge in [-0.2, -0.15) is 5.26 Å². The number of methoxy groups -OCH3 is 1. The minimum atomic E-state index is -0.799. The Morgan fingerprint density at radius 2 is 2.00 bits per heavy atom. The predicted octanol–water partition coefficient (Wildman–Crippen LogP) is 4.26. The van der Waals surface area contributed by atoms with Crippen molar-refractivity contribution in [1.82, 2.24) is 4.57 Å². The molecule has 1 aliphatic heterocycles. The zero-order chi connectivity index (χ0) is 29.0. The number of nitrogens with zero attached hydrogens (tertiary/aromatic N) is 3. The van der Waals surface area contributed by atoms with Crippen LogP contribution >= 0.6 is 27.3 Å². The number of para-hydroxylation sites is 1. The Bertz CT molecular complexity index is 1700. The lowest BCUT2D eigenvalue weighted by Crippen LogP contribution is -2.40. The summed E-state index contributed by atoms with van der Waals surface area (Å²) in [5.41, 5.74) is 1.74. The molecule has 0 fully saturated rings. The van der Waals surface area contributed by atoms with Crippen molar-refractivity contribution >= 4 is 39.3 Å². The summed E-state index contributed by atoms with van der Waals surface area (Å²) in [7, 11) is 1.50. The molecule has 0 saturated carbocycles. The zero-order valence-electron chi connectivity index (χ0n) is 22.7. The van der Waals surface area contributed by atoms with E-state index < -0.39 is 12.0 Å². The lowest BCUT2D eigenvalue weighted by atomic mass is 9.95. The normalized spacial score (nSPS) is 14.8. The van der Waals surface area contributed by atoms with E-state index in [-0.39, 0.29) is 30.5 Å². The first kappa shape index (κ1) is 29.1. The second-order valence-electron chi connectivity index (χ2n) is 8.98. The standard InChI is InChI=1S/C29H28BrN3O6S/c1-6-37-28(35)25-17(4)32-29-33(26(25)19-9-7-8-10-21(19)39-16(2)3)27(34)24(40-29)14-18-13-22(36-5)23(15-20(18)30)38-12-11-31/h7-10,13-16,26H,6,12H2,1-5H3/b24-14+/t26-/m0/s1. The zero-order valence-corrected chi connectivity index (χ0v) is 25.1. The number of hydrogen-bond donors (Lipinski definition) is 0. The third kappa shape index (κ3) is 5.83. The van der Waals surface area contributed by atoms with Gasteiger partial charge in [0.25, 0.3) is 5.56 Å². The lowest BCUT2D eigenvalue weighted by molar-refractivity contribution is -0.139. The molecule has 2 aromatic carbocycles. The quantitative estimate of drug-likeness (QED) is 0.327. The van der Waals surface area contributed by atoms with Crippen molar-refractivity contribution in [1.29, 1.82) is 5.26 Å². The van der Waals surface area contributed by atoms with Gasteiger partial charge in [-0.05, 0) is 57.5 Å². The van der Waals surface area contributed by atoms with Gasteiger partial charge in [0.2, 0.25) is 0 Å². The van der Waals surface area contributed by atoms with Gasteiger partial charge >= 0.3 is 5.97 Å². The van der Waals surface area contributed by atoms with Crippen LogP contribution in [0.25, 0.3) is 6.08 Å². The van der Waals surface area contributed by atoms with Gasteiger partial charge < -0.3 is 18.9 Å². The molecule has 0 radical (unpaired) electrons. The van der Waals surface area contributed by atoms with E-state index in [1.165, 1.54) is 23.0 Å². The summed E-state index contributed by atoms with van der Waals surface area (Å²) in [5, 5.41) is 8.87. The first-order valence-electron chi connectivity index (χ1n) is 12.5. The van der Waals surface area contributed by atoms with E-state index in [4.69, 9.17) is 24.2 Å². The maximum Gasteiger partial charge on any atom is 0.338 e. The van der Waals surface area contributed by atoms with Gasteiger partial charge in [0, 0.05) is 10.0 Å². The van der Waals surface area contributed by atoms with Crippen molar-refractivity contribution in [3.63, 3.8) is 0 Å². The van der Waals surface area contributed by atoms with Crippen LogP contribution < -0.4 is 29.1 Å². The van der Waals surface area contributed by atoms with Crippen LogP contribution in [0.4, 0.5) is 0 Å². The number of carbonyl (C=O) groups excluding carboxylic acids is 1. The number of allylic oxidation sites excluding steroid dienone is 1. The van der Waals surface area contributed by atoms with Crippen LogP contribution in [0.3, 0.4) is 0 Å². The maximum absolute atomic E-state index is 14.0. The van der Waals surface area contributed by atoms with Gasteiger partial charge in [0.05, 0.1) is 35.6 Å². The summed E-state index contributed by atoms with van der Waals surface area (Å²) in [6, 6.07) is 11.9. The lowest BCUT2D eigenvalue weighted by Gasteiger charge is -2.26. The number of nitriles is 1. The third-order valence-electron chi connectivity index (χ3n) is 5.96. The average molecular weight is 627 g/mol. The Labute approximate surface area is 243 Å². The largest absolute Gasteiger partial charge is 0.493 e. The molecule has 1 aromatic heterocycles. The molecule has 9 nitrogen and oxygen atoms in total. The Hall–Kier alpha value is -3.88. The number of rotatable bonds is 9. The fraction of sp³-hybridized carbons (Fsp3) is 0.310. The van der Waals surface area contributed by atoms with Gasteiger partial charge in [-0.1, -0.05) is 45.5 Å². The molecule has 0 N–H and O–H groups in total. The van der Waals surface area contributed by atoms with Gasteiger partial charge in [0.1, 0.15) is 17.9 Å². The molecule has 1 aliphatic rings. The van der Waals surface area contributed by atoms with Crippen molar-refractivity contribution in [2.75, 3.05) is 20.3 Å². The molecular formula is C29H28BrN3O6S. The molecule has 0 bridgehead atoms. The number of hydrogen-bond acceptors (Lipinski definition) is 9. The summed E-state index contributed by atoms with van der Waals surface area (Å²) < 4.78 is 24.9. The fourth-order valence-electron chi connectivity index (χ4n) is 4.34. The molecule has 0 saturated heterocycles. The number of fused-ring (bicyclic) bond motifs is 1. The van der Waals surface area contributed by atoms with Crippen LogP contribution in [0.1, 0.15) is 44.9 Å². The van der Waals surface area contributed by atoms with E-state index in [2.05, 4.69) is 20.9 Å². The highest BCUT2D eigenvalue weighted by atomic mass is 79.9. The molecule has 0 unspecified atom stereocenters. The second-order valence-corrected chi connectivity index (χ2v) is 10.8. The van der Waals surface area contributed by atoms with Crippen LogP contribution in [-0.2, 0) is 9.53 Å². The first-order valence-corrected chi connectivity index (χ1v) is 14.1. The smallest absolute Gasteiger partial charge is 0.338 e. The summed E-state index contributed by atoms with van der Waals surface area (Å²) >= 11 is 4.74. The second kappa shape index (κ2) is 12.5. The van der Waals surface area contributed by atoms with Crippen LogP contribution in [0.2, 0.25) is 0 Å². The monoisotopic (exact) mass is 625 g/mol. The molecule has 0 spiro atoms. The van der Waals surface area contributed by atoms with E-state index in [9.17, 15) is 9.59 Å². The summed E-state index contributed by atoms with van der Waals surface area (Å²) in [4.78, 5) is 32.3. The molecule has 208 valence electrons. The predicted molar refractivity (Wildman–Crippen MR) is 154 cm³/mol. The molecule has 2 heterocycles. The molecule has 1 atom stereocenters. The van der Waals surface area contributed by atoms with Crippen molar-refractivity contribution in [3.05, 3.63) is 83.0 Å². The number of halogens is 1. The molecule has 0 aliphatic carbocycles. The van der Waals surface area contributed by atoms with Crippen molar-refractivity contribution < 1.29 is 23.7 Å². The highest BCUT2D eigenvalue weighted by molar-refractivity contribution is 9.10. The number of benzene rings is 2. The summed E-state index contributed by atoms with van der Waals surface area (Å²) in [6.07, 6.45) is 1.60. The number of thiazole rings is 1. The average Bonchev–Trinajstić information content (AvgIpc) is 3.22. The minimum absolute atomic E-state index is 0.124. The Balaban J connectivity index is 1.95. The first-order chi connectivity index (χ1) is 19.2. The van der Waals surface area contributed by atoms with Crippen molar-refractivity contribution in [2.45, 2.75) is 39.8 Å². The Morgan fingerprint density at radius 1 is 1.25 bits per heavy atom. The molecular weight excluding hydrogens is 598 g/mol. The van der Waals surface area contributed by atoms with E-state index >= 15 is 0 Å². The maximum atomic E-state index is 14.0. The van der Waals surface area contributed by atoms with Crippen molar-refractivity contribution in [2.24, 2.45) is 4.99 Å². The number of ether oxygens (including phenoxy) is 4. The number of carbonyl (C=O) groups is 1. The van der Waals surface area contributed by atoms with E-state index in [0.29, 0.717) is 47.9 Å². The van der Waals surface area contributed by atoms with Gasteiger partial charge in [-0.15, -0.1) is 0 Å². The minimum Gasteiger partial charge on any atom is -0.493 e. The summed E-state index contributed by atoms with van der Waals surface area (Å²) in [6.45, 7) is 7.35. The van der Waals surface area contributed by atoms with Crippen LogP contribution in [0.15, 0.2) is 61.9 Å². The molecule has 0 amide bonds. The molecule has 3 aromatic rings. The van der Waals surface area contributed by atoms with Crippen LogP contribution in [-0.4, -0.2) is 37.0 Å². The van der Waals surface area contributed by atoms with Crippen LogP contribution in [0, 0.1) is 11.3 Å². The fourth-order valence-corrected chi connectivity index (χ4v) is 5.81.